The second kappa shape index (κ2) is 7.04. The monoisotopic (exact) mass is 411 g/mol. The van der Waals surface area contributed by atoms with Gasteiger partial charge >= 0.3 is 135 Å². The molecule has 0 spiro atoms. The topological polar surface area (TPSA) is 12.4 Å². The van der Waals surface area contributed by atoms with Gasteiger partial charge in [0.15, 0.2) is 0 Å². The summed E-state index contributed by atoms with van der Waals surface area (Å²) in [5.41, 5.74) is 6.51. The van der Waals surface area contributed by atoms with Crippen LogP contribution in [0.2, 0.25) is 0 Å². The molecule has 2 aliphatic carbocycles. The number of nitrogens with zero attached hydrogens (tertiary/aromatic N) is 1. The number of allylic oxidation sites excluding steroid dienone is 5. The van der Waals surface area contributed by atoms with E-state index < -0.39 is 23.2 Å². The molecule has 1 atom stereocenters. The first-order valence-electron chi connectivity index (χ1n) is 7.46. The summed E-state index contributed by atoms with van der Waals surface area (Å²) in [5.74, 6) is 2.27. The van der Waals surface area contributed by atoms with Crippen LogP contribution in [0.1, 0.15) is 47.5 Å². The molecule has 3 rings (SSSR count). The molecule has 0 aromatic heterocycles. The second-order valence-electron chi connectivity index (χ2n) is 6.71. The van der Waals surface area contributed by atoms with Crippen LogP contribution in [0.15, 0.2) is 48.6 Å². The van der Waals surface area contributed by atoms with Crippen LogP contribution in [0, 0.1) is 5.41 Å². The van der Waals surface area contributed by atoms with Crippen molar-refractivity contribution in [1.29, 1.82) is 0 Å². The number of rotatable bonds is 2. The van der Waals surface area contributed by atoms with Gasteiger partial charge in [-0.3, -0.25) is 0 Å². The van der Waals surface area contributed by atoms with Gasteiger partial charge in [0.1, 0.15) is 0 Å². The fraction of sp³-hybridized carbons (Fsp3) is 0.529. The van der Waals surface area contributed by atoms with Gasteiger partial charge in [0, 0.05) is 0 Å². The van der Waals surface area contributed by atoms with Gasteiger partial charge in [-0.05, 0) is 0 Å². The molecule has 0 saturated heterocycles. The largest absolute Gasteiger partial charge is 1.00 e. The van der Waals surface area contributed by atoms with E-state index in [0.29, 0.717) is 0 Å². The standard InChI is InChI=1S/C10H15.C7H7BN.2ClH.Zr/c1-7-6-10(4,5)9(3)8(7)2;1-2-4-7-6(3-1)5-8-9-7;;;/h1-5H3;1-2,5H,3-4H2;2*1H;/q;;;;+2/p-2. The molecule has 0 bridgehead atoms. The molecule has 1 heterocycles. The van der Waals surface area contributed by atoms with Crippen molar-refractivity contribution in [2.24, 2.45) is 10.3 Å². The third kappa shape index (κ3) is 2.98. The summed E-state index contributed by atoms with van der Waals surface area (Å²) in [6.45, 7) is 11.8. The van der Waals surface area contributed by atoms with E-state index in [-0.39, 0.29) is 33.5 Å². The molecule has 0 saturated carbocycles. The van der Waals surface area contributed by atoms with Crippen molar-refractivity contribution in [3.63, 3.8) is 0 Å². The maximum atomic E-state index is 4.96. The first-order chi connectivity index (χ1) is 9.38. The summed E-state index contributed by atoms with van der Waals surface area (Å²) >= 11 is -0.785. The Balaban J connectivity index is 0.00000121. The minimum Gasteiger partial charge on any atom is -1.00 e. The third-order valence-corrected chi connectivity index (χ3v) is 11.1. The molecule has 0 amide bonds. The van der Waals surface area contributed by atoms with Crippen molar-refractivity contribution >= 4 is 7.07 Å². The van der Waals surface area contributed by atoms with Crippen LogP contribution in [0.5, 0.6) is 0 Å². The average molecular weight is 413 g/mol. The SMILES string of the molecule is CC1=C(C)C(C)(C)[C]([Zr+2][C]23CC=CCC2=CB=N3)=C1C.[Cl-].[Cl-]. The summed E-state index contributed by atoms with van der Waals surface area (Å²) in [7, 11) is 2.06. The number of fused-ring (bicyclic) bond motifs is 1. The summed E-state index contributed by atoms with van der Waals surface area (Å²) in [6, 6.07) is 0. The van der Waals surface area contributed by atoms with Gasteiger partial charge < -0.3 is 24.8 Å². The van der Waals surface area contributed by atoms with E-state index in [1.165, 1.54) is 5.57 Å². The summed E-state index contributed by atoms with van der Waals surface area (Å²) in [6.07, 6.45) is 6.91. The maximum absolute atomic E-state index is 4.96. The summed E-state index contributed by atoms with van der Waals surface area (Å²) < 4.78 is 1.95. The van der Waals surface area contributed by atoms with Crippen LogP contribution >= 0.6 is 0 Å². The molecule has 3 aliphatic rings. The Morgan fingerprint density at radius 2 is 1.77 bits per heavy atom. The Bertz CT molecular complexity index is 629. The molecule has 116 valence electrons. The predicted octanol–water partition coefficient (Wildman–Crippen LogP) is -1.44. The molecular formula is C17H22BCl2NZr. The van der Waals surface area contributed by atoms with Gasteiger partial charge in [-0.2, -0.15) is 0 Å². The Labute approximate surface area is 159 Å². The third-order valence-electron chi connectivity index (χ3n) is 5.41. The van der Waals surface area contributed by atoms with Crippen LogP contribution < -0.4 is 24.8 Å². The van der Waals surface area contributed by atoms with Gasteiger partial charge in [0.2, 0.25) is 0 Å². The Hall–Kier alpha value is 0.288. The van der Waals surface area contributed by atoms with Crippen molar-refractivity contribution in [2.45, 2.75) is 50.7 Å². The molecule has 0 N–H and O–H groups in total. The van der Waals surface area contributed by atoms with E-state index in [0.717, 1.165) is 12.8 Å². The van der Waals surface area contributed by atoms with E-state index >= 15 is 0 Å². The zero-order valence-corrected chi connectivity index (χ0v) is 17.9. The van der Waals surface area contributed by atoms with E-state index in [9.17, 15) is 0 Å². The van der Waals surface area contributed by atoms with E-state index in [1.807, 2.05) is 0 Å². The van der Waals surface area contributed by atoms with Crippen molar-refractivity contribution in [1.82, 2.24) is 0 Å². The summed E-state index contributed by atoms with van der Waals surface area (Å²) in [5, 5.41) is 0. The van der Waals surface area contributed by atoms with Crippen molar-refractivity contribution in [2.75, 3.05) is 0 Å². The first kappa shape index (κ1) is 20.3. The Kier molecular flexibility index (Phi) is 6.50. The number of hydrogen-bond acceptors (Lipinski definition) is 1. The minimum absolute atomic E-state index is 0. The molecule has 0 radical (unpaired) electrons. The predicted molar refractivity (Wildman–Crippen MR) is 82.2 cm³/mol. The van der Waals surface area contributed by atoms with Crippen LogP contribution in [0.4, 0.5) is 0 Å². The normalized spacial score (nSPS) is 27.6. The van der Waals surface area contributed by atoms with Gasteiger partial charge in [0.05, 0.1) is 0 Å². The molecule has 1 nitrogen and oxygen atoms in total. The molecule has 0 aromatic carbocycles. The molecule has 0 fully saturated rings. The Morgan fingerprint density at radius 3 is 2.36 bits per heavy atom. The Morgan fingerprint density at radius 1 is 1.09 bits per heavy atom. The molecule has 0 aromatic rings. The minimum atomic E-state index is -0.785. The van der Waals surface area contributed by atoms with E-state index in [1.54, 1.807) is 20.0 Å². The molecule has 1 unspecified atom stereocenters. The van der Waals surface area contributed by atoms with E-state index in [2.05, 4.69) is 59.8 Å². The number of halogens is 2. The van der Waals surface area contributed by atoms with Gasteiger partial charge in [-0.25, -0.2) is 0 Å². The van der Waals surface area contributed by atoms with Crippen LogP contribution in [0.25, 0.3) is 0 Å². The number of hydrogen-bond donors (Lipinski definition) is 0. The van der Waals surface area contributed by atoms with Crippen LogP contribution in [0.3, 0.4) is 0 Å². The second-order valence-corrected chi connectivity index (χ2v) is 10.6. The zero-order chi connectivity index (χ0) is 14.5. The van der Waals surface area contributed by atoms with Gasteiger partial charge in [-0.15, -0.1) is 0 Å². The van der Waals surface area contributed by atoms with Crippen LogP contribution in [-0.4, -0.2) is 10.3 Å². The van der Waals surface area contributed by atoms with Crippen molar-refractivity contribution in [3.8, 4) is 0 Å². The first-order valence-corrected chi connectivity index (χ1v) is 9.92. The summed E-state index contributed by atoms with van der Waals surface area (Å²) in [4.78, 5) is 4.96. The zero-order valence-electron chi connectivity index (χ0n) is 13.9. The van der Waals surface area contributed by atoms with E-state index in [4.69, 9.17) is 4.90 Å². The molecular weight excluding hydrogens is 391 g/mol. The van der Waals surface area contributed by atoms with Gasteiger partial charge in [0.25, 0.3) is 0 Å². The molecule has 22 heavy (non-hydrogen) atoms. The maximum Gasteiger partial charge on any atom is -1.00 e. The molecule has 5 heteroatoms. The molecule has 1 aliphatic heterocycles. The fourth-order valence-electron chi connectivity index (χ4n) is 3.57. The quantitative estimate of drug-likeness (QED) is 0.389. The smallest absolute Gasteiger partial charge is 1.00 e. The van der Waals surface area contributed by atoms with Crippen molar-refractivity contribution < 1.29 is 48.0 Å². The average Bonchev–Trinajstić information content (AvgIpc) is 2.90. The fourth-order valence-corrected chi connectivity index (χ4v) is 8.47. The van der Waals surface area contributed by atoms with Gasteiger partial charge in [-0.1, -0.05) is 0 Å². The van der Waals surface area contributed by atoms with Crippen molar-refractivity contribution in [3.05, 3.63) is 43.7 Å². The van der Waals surface area contributed by atoms with Crippen LogP contribution in [-0.2, 0) is 23.2 Å².